The Morgan fingerprint density at radius 1 is 1.40 bits per heavy atom. The summed E-state index contributed by atoms with van der Waals surface area (Å²) in [6.07, 6.45) is 0. The number of nitrogens with two attached hydrogens (primary N) is 1. The van der Waals surface area contributed by atoms with E-state index in [0.717, 1.165) is 5.56 Å². The molecule has 0 aliphatic heterocycles. The predicted molar refractivity (Wildman–Crippen MR) is 71.1 cm³/mol. The number of aromatic hydroxyl groups is 1. The molecule has 3 N–H and O–H groups in total. The third kappa shape index (κ3) is 2.94. The standard InChI is InChI=1S/C13H16N4O3/c1-2-20-13(19)12-11(7-14)17(16-15-12)8-9-3-5-10(18)6-4-9/h3-6,18H,2,7-8,14H2,1H3. The van der Waals surface area contributed by atoms with Crippen molar-refractivity contribution < 1.29 is 14.6 Å². The first-order valence-electron chi connectivity index (χ1n) is 6.23. The van der Waals surface area contributed by atoms with Crippen LogP contribution in [0.25, 0.3) is 0 Å². The molecular formula is C13H16N4O3. The van der Waals surface area contributed by atoms with E-state index in [0.29, 0.717) is 12.2 Å². The first kappa shape index (κ1) is 14.0. The van der Waals surface area contributed by atoms with Gasteiger partial charge in [0, 0.05) is 6.54 Å². The highest BCUT2D eigenvalue weighted by Crippen LogP contribution is 2.13. The van der Waals surface area contributed by atoms with E-state index in [9.17, 15) is 9.90 Å². The lowest BCUT2D eigenvalue weighted by Gasteiger charge is -2.06. The maximum Gasteiger partial charge on any atom is 0.360 e. The van der Waals surface area contributed by atoms with Gasteiger partial charge in [-0.2, -0.15) is 0 Å². The van der Waals surface area contributed by atoms with Crippen LogP contribution in [0.5, 0.6) is 5.75 Å². The summed E-state index contributed by atoms with van der Waals surface area (Å²) in [5.41, 5.74) is 7.24. The zero-order valence-electron chi connectivity index (χ0n) is 11.1. The van der Waals surface area contributed by atoms with Crippen molar-refractivity contribution in [3.05, 3.63) is 41.2 Å². The molecule has 0 bridgehead atoms. The molecule has 0 amide bonds. The summed E-state index contributed by atoms with van der Waals surface area (Å²) in [6, 6.07) is 6.70. The molecule has 0 saturated heterocycles. The molecule has 0 aliphatic rings. The fourth-order valence-corrected chi connectivity index (χ4v) is 1.79. The van der Waals surface area contributed by atoms with E-state index in [1.165, 1.54) is 0 Å². The molecule has 0 saturated carbocycles. The van der Waals surface area contributed by atoms with Crippen LogP contribution in [0.15, 0.2) is 24.3 Å². The zero-order chi connectivity index (χ0) is 14.5. The molecule has 2 aromatic rings. The Labute approximate surface area is 116 Å². The van der Waals surface area contributed by atoms with Crippen LogP contribution in [0.3, 0.4) is 0 Å². The number of phenols is 1. The minimum absolute atomic E-state index is 0.138. The third-order valence-corrected chi connectivity index (χ3v) is 2.77. The Morgan fingerprint density at radius 3 is 2.70 bits per heavy atom. The van der Waals surface area contributed by atoms with E-state index in [1.54, 1.807) is 35.9 Å². The van der Waals surface area contributed by atoms with Crippen molar-refractivity contribution in [3.63, 3.8) is 0 Å². The highest BCUT2D eigenvalue weighted by Gasteiger charge is 2.19. The van der Waals surface area contributed by atoms with E-state index in [2.05, 4.69) is 10.3 Å². The quantitative estimate of drug-likeness (QED) is 0.778. The summed E-state index contributed by atoms with van der Waals surface area (Å²) >= 11 is 0. The number of hydrogen-bond donors (Lipinski definition) is 2. The van der Waals surface area contributed by atoms with Gasteiger partial charge >= 0.3 is 5.97 Å². The van der Waals surface area contributed by atoms with Crippen LogP contribution in [0, 0.1) is 0 Å². The molecule has 0 aliphatic carbocycles. The minimum Gasteiger partial charge on any atom is -0.508 e. The first-order chi connectivity index (χ1) is 9.65. The van der Waals surface area contributed by atoms with E-state index < -0.39 is 5.97 Å². The monoisotopic (exact) mass is 276 g/mol. The number of aromatic nitrogens is 3. The SMILES string of the molecule is CCOC(=O)c1nnn(Cc2ccc(O)cc2)c1CN. The second-order valence-electron chi connectivity index (χ2n) is 4.13. The van der Waals surface area contributed by atoms with Gasteiger partial charge in [0.2, 0.25) is 0 Å². The maximum absolute atomic E-state index is 11.7. The zero-order valence-corrected chi connectivity index (χ0v) is 11.1. The van der Waals surface area contributed by atoms with Crippen molar-refractivity contribution in [3.8, 4) is 5.75 Å². The summed E-state index contributed by atoms with van der Waals surface area (Å²) < 4.78 is 6.46. The molecule has 20 heavy (non-hydrogen) atoms. The number of nitrogens with zero attached hydrogens (tertiary/aromatic N) is 3. The second kappa shape index (κ2) is 6.16. The number of benzene rings is 1. The highest BCUT2D eigenvalue weighted by atomic mass is 16.5. The van der Waals surface area contributed by atoms with Gasteiger partial charge in [0.25, 0.3) is 0 Å². The summed E-state index contributed by atoms with van der Waals surface area (Å²) in [7, 11) is 0. The molecule has 1 aromatic heterocycles. The lowest BCUT2D eigenvalue weighted by Crippen LogP contribution is -2.14. The van der Waals surface area contributed by atoms with Crippen molar-refractivity contribution in [1.82, 2.24) is 15.0 Å². The maximum atomic E-state index is 11.7. The lowest BCUT2D eigenvalue weighted by molar-refractivity contribution is 0.0518. The molecule has 0 fully saturated rings. The molecule has 106 valence electrons. The predicted octanol–water partition coefficient (Wildman–Crippen LogP) is 0.667. The minimum atomic E-state index is -0.523. The molecule has 2 rings (SSSR count). The normalized spacial score (nSPS) is 10.5. The number of phenolic OH excluding ortho intramolecular Hbond substituents is 1. The molecule has 7 nitrogen and oxygen atoms in total. The Balaban J connectivity index is 2.24. The van der Waals surface area contributed by atoms with Crippen LogP contribution in [0.2, 0.25) is 0 Å². The van der Waals surface area contributed by atoms with Gasteiger partial charge in [0.1, 0.15) is 5.75 Å². The third-order valence-electron chi connectivity index (χ3n) is 2.77. The van der Waals surface area contributed by atoms with Crippen LogP contribution in [0.1, 0.15) is 28.7 Å². The molecule has 0 atom stereocenters. The van der Waals surface area contributed by atoms with Crippen LogP contribution >= 0.6 is 0 Å². The number of esters is 1. The van der Waals surface area contributed by atoms with Gasteiger partial charge in [-0.25, -0.2) is 9.48 Å². The van der Waals surface area contributed by atoms with Gasteiger partial charge in [0.05, 0.1) is 18.8 Å². The van der Waals surface area contributed by atoms with Crippen molar-refractivity contribution >= 4 is 5.97 Å². The molecule has 0 spiro atoms. The van der Waals surface area contributed by atoms with E-state index in [1.807, 2.05) is 0 Å². The molecule has 0 unspecified atom stereocenters. The molecule has 0 radical (unpaired) electrons. The number of hydrogen-bond acceptors (Lipinski definition) is 6. The Bertz CT molecular complexity index is 592. The van der Waals surface area contributed by atoms with Crippen LogP contribution in [-0.4, -0.2) is 32.7 Å². The van der Waals surface area contributed by atoms with Crippen LogP contribution in [-0.2, 0) is 17.8 Å². The van der Waals surface area contributed by atoms with Crippen molar-refractivity contribution in [2.45, 2.75) is 20.0 Å². The van der Waals surface area contributed by atoms with E-state index >= 15 is 0 Å². The number of ether oxygens (including phenoxy) is 1. The fraction of sp³-hybridized carbons (Fsp3) is 0.308. The smallest absolute Gasteiger partial charge is 0.360 e. The fourth-order valence-electron chi connectivity index (χ4n) is 1.79. The van der Waals surface area contributed by atoms with Crippen LogP contribution in [0.4, 0.5) is 0 Å². The van der Waals surface area contributed by atoms with Gasteiger partial charge in [-0.3, -0.25) is 0 Å². The van der Waals surface area contributed by atoms with E-state index in [-0.39, 0.29) is 24.6 Å². The molecule has 1 heterocycles. The largest absolute Gasteiger partial charge is 0.508 e. The van der Waals surface area contributed by atoms with Gasteiger partial charge in [-0.15, -0.1) is 5.10 Å². The number of rotatable bonds is 5. The average Bonchev–Trinajstić information content (AvgIpc) is 2.84. The molecule has 1 aromatic carbocycles. The van der Waals surface area contributed by atoms with Gasteiger partial charge < -0.3 is 15.6 Å². The number of carbonyl (C=O) groups excluding carboxylic acids is 1. The lowest BCUT2D eigenvalue weighted by atomic mass is 10.2. The van der Waals surface area contributed by atoms with Gasteiger partial charge in [-0.1, -0.05) is 17.3 Å². The Kier molecular flexibility index (Phi) is 4.31. The van der Waals surface area contributed by atoms with E-state index in [4.69, 9.17) is 10.5 Å². The summed E-state index contributed by atoms with van der Waals surface area (Å²) in [4.78, 5) is 11.7. The van der Waals surface area contributed by atoms with Crippen LogP contribution < -0.4 is 5.73 Å². The molecular weight excluding hydrogens is 260 g/mol. The second-order valence-corrected chi connectivity index (χ2v) is 4.13. The van der Waals surface area contributed by atoms with Crippen molar-refractivity contribution in [2.24, 2.45) is 5.73 Å². The molecule has 7 heteroatoms. The average molecular weight is 276 g/mol. The highest BCUT2D eigenvalue weighted by molar-refractivity contribution is 5.88. The van der Waals surface area contributed by atoms with Crippen molar-refractivity contribution in [1.29, 1.82) is 0 Å². The first-order valence-corrected chi connectivity index (χ1v) is 6.23. The summed E-state index contributed by atoms with van der Waals surface area (Å²) in [5, 5.41) is 17.0. The van der Waals surface area contributed by atoms with Crippen molar-refractivity contribution in [2.75, 3.05) is 6.61 Å². The van der Waals surface area contributed by atoms with Gasteiger partial charge in [-0.05, 0) is 24.6 Å². The topological polar surface area (TPSA) is 103 Å². The Hall–Kier alpha value is -2.41. The van der Waals surface area contributed by atoms with Gasteiger partial charge in [0.15, 0.2) is 5.69 Å². The summed E-state index contributed by atoms with van der Waals surface area (Å²) in [5.74, 6) is -0.330. The summed E-state index contributed by atoms with van der Waals surface area (Å²) in [6.45, 7) is 2.55. The number of carbonyl (C=O) groups is 1. The Morgan fingerprint density at radius 2 is 2.10 bits per heavy atom.